The Hall–Kier alpha value is -1.54. The number of fused-ring (bicyclic) bond motifs is 1. The fourth-order valence-corrected chi connectivity index (χ4v) is 7.16. The van der Waals surface area contributed by atoms with Gasteiger partial charge in [-0.25, -0.2) is 13.0 Å². The van der Waals surface area contributed by atoms with Gasteiger partial charge in [0.2, 0.25) is 0 Å². The van der Waals surface area contributed by atoms with E-state index in [4.69, 9.17) is 15.5 Å². The zero-order chi connectivity index (χ0) is 23.0. The van der Waals surface area contributed by atoms with Crippen LogP contribution in [0, 0.1) is 5.92 Å². The minimum atomic E-state index is -4.53. The molecule has 2 aliphatic carbocycles. The van der Waals surface area contributed by atoms with E-state index in [0.717, 1.165) is 25.7 Å². The van der Waals surface area contributed by atoms with Gasteiger partial charge in [-0.3, -0.25) is 4.52 Å². The summed E-state index contributed by atoms with van der Waals surface area (Å²) >= 11 is 0. The molecule has 4 rings (SSSR count). The average Bonchev–Trinajstić information content (AvgIpc) is 3.14. The van der Waals surface area contributed by atoms with Gasteiger partial charge in [-0.2, -0.15) is 0 Å². The molecule has 2 aromatic carbocycles. The first-order valence-electron chi connectivity index (χ1n) is 10.9. The van der Waals surface area contributed by atoms with E-state index in [-0.39, 0.29) is 24.2 Å². The molecule has 0 heterocycles. The highest BCUT2D eigenvalue weighted by Gasteiger charge is 2.38. The SMILES string of the molecule is N[C@@]1(COP(=O)(O)O)CC[C@H](c2ccc3c(c2)CC[C@H](CS(=O)(=O)c2ccccc2)C3)C1. The molecule has 0 radical (unpaired) electrons. The Bertz CT molecular complexity index is 1120. The van der Waals surface area contributed by atoms with Crippen molar-refractivity contribution in [2.45, 2.75) is 54.9 Å². The number of hydrogen-bond acceptors (Lipinski definition) is 5. The summed E-state index contributed by atoms with van der Waals surface area (Å²) in [5.74, 6) is 0.490. The highest BCUT2D eigenvalue weighted by Crippen LogP contribution is 2.44. The summed E-state index contributed by atoms with van der Waals surface area (Å²) in [5, 5.41) is 0. The van der Waals surface area contributed by atoms with Gasteiger partial charge in [-0.15, -0.1) is 0 Å². The van der Waals surface area contributed by atoms with Crippen molar-refractivity contribution in [2.75, 3.05) is 12.4 Å². The van der Waals surface area contributed by atoms with E-state index in [1.54, 1.807) is 24.3 Å². The van der Waals surface area contributed by atoms with E-state index in [9.17, 15) is 13.0 Å². The average molecular weight is 480 g/mol. The molecule has 1 saturated carbocycles. The molecule has 1 fully saturated rings. The number of aryl methyl sites for hydroxylation is 1. The van der Waals surface area contributed by atoms with Gasteiger partial charge in [0.15, 0.2) is 9.84 Å². The Balaban J connectivity index is 1.40. The van der Waals surface area contributed by atoms with Crippen molar-refractivity contribution in [1.82, 2.24) is 0 Å². The summed E-state index contributed by atoms with van der Waals surface area (Å²) in [6, 6.07) is 15.0. The van der Waals surface area contributed by atoms with Crippen LogP contribution in [0.25, 0.3) is 0 Å². The van der Waals surface area contributed by atoms with Crippen LogP contribution in [0.2, 0.25) is 0 Å². The van der Waals surface area contributed by atoms with Crippen molar-refractivity contribution in [3.8, 4) is 0 Å². The molecular weight excluding hydrogens is 449 g/mol. The smallest absolute Gasteiger partial charge is 0.323 e. The number of phosphoric ester groups is 1. The predicted molar refractivity (Wildman–Crippen MR) is 122 cm³/mol. The van der Waals surface area contributed by atoms with E-state index < -0.39 is 23.2 Å². The Kier molecular flexibility index (Phi) is 6.65. The molecule has 32 heavy (non-hydrogen) atoms. The number of benzene rings is 2. The second-order valence-corrected chi connectivity index (χ2v) is 12.6. The quantitative estimate of drug-likeness (QED) is 0.520. The lowest BCUT2D eigenvalue weighted by Gasteiger charge is -2.26. The van der Waals surface area contributed by atoms with Gasteiger partial charge in [0.05, 0.1) is 17.3 Å². The zero-order valence-electron chi connectivity index (χ0n) is 17.9. The molecule has 4 N–H and O–H groups in total. The third kappa shape index (κ3) is 5.68. The van der Waals surface area contributed by atoms with Crippen LogP contribution < -0.4 is 5.73 Å². The first-order valence-corrected chi connectivity index (χ1v) is 14.1. The third-order valence-corrected chi connectivity index (χ3v) is 9.12. The molecule has 0 amide bonds. The van der Waals surface area contributed by atoms with Crippen molar-refractivity contribution in [1.29, 1.82) is 0 Å². The van der Waals surface area contributed by atoms with E-state index in [1.165, 1.54) is 16.7 Å². The molecule has 0 saturated heterocycles. The molecule has 0 bridgehead atoms. The maximum absolute atomic E-state index is 12.7. The second-order valence-electron chi connectivity index (χ2n) is 9.30. The van der Waals surface area contributed by atoms with Crippen LogP contribution in [0.15, 0.2) is 53.4 Å². The third-order valence-electron chi connectivity index (χ3n) is 6.75. The van der Waals surface area contributed by atoms with Gasteiger partial charge in [-0.1, -0.05) is 36.4 Å². The lowest BCUT2D eigenvalue weighted by Crippen LogP contribution is -2.41. The molecule has 0 aromatic heterocycles. The van der Waals surface area contributed by atoms with E-state index in [1.807, 2.05) is 6.07 Å². The summed E-state index contributed by atoms with van der Waals surface area (Å²) in [7, 11) is -7.83. The first kappa shape index (κ1) is 23.6. The van der Waals surface area contributed by atoms with Crippen LogP contribution in [0.5, 0.6) is 0 Å². The Morgan fingerprint density at radius 2 is 1.84 bits per heavy atom. The minimum absolute atomic E-state index is 0.103. The highest BCUT2D eigenvalue weighted by atomic mass is 32.2. The maximum atomic E-state index is 12.7. The molecule has 7 nitrogen and oxygen atoms in total. The lowest BCUT2D eigenvalue weighted by atomic mass is 9.82. The van der Waals surface area contributed by atoms with E-state index in [2.05, 4.69) is 22.7 Å². The molecule has 9 heteroatoms. The lowest BCUT2D eigenvalue weighted by molar-refractivity contribution is 0.153. The van der Waals surface area contributed by atoms with E-state index >= 15 is 0 Å². The summed E-state index contributed by atoms with van der Waals surface area (Å²) < 4.78 is 41.2. The van der Waals surface area contributed by atoms with Crippen LogP contribution in [-0.2, 0) is 31.8 Å². The molecule has 3 atom stereocenters. The fraction of sp³-hybridized carbons (Fsp3) is 0.478. The molecular formula is C23H30NO6PS. The topological polar surface area (TPSA) is 127 Å². The van der Waals surface area contributed by atoms with Gasteiger partial charge >= 0.3 is 7.82 Å². The summed E-state index contributed by atoms with van der Waals surface area (Å²) in [6.07, 6.45) is 4.54. The molecule has 0 aliphatic heterocycles. The summed E-state index contributed by atoms with van der Waals surface area (Å²) in [5.41, 5.74) is 9.24. The largest absolute Gasteiger partial charge is 0.469 e. The second kappa shape index (κ2) is 9.01. The predicted octanol–water partition coefficient (Wildman–Crippen LogP) is 3.34. The fourth-order valence-electron chi connectivity index (χ4n) is 5.07. The van der Waals surface area contributed by atoms with Crippen LogP contribution in [0.4, 0.5) is 0 Å². The van der Waals surface area contributed by atoms with Gasteiger partial charge in [0.25, 0.3) is 0 Å². The summed E-state index contributed by atoms with van der Waals surface area (Å²) in [6.45, 7) is -0.156. The Morgan fingerprint density at radius 1 is 1.09 bits per heavy atom. The monoisotopic (exact) mass is 479 g/mol. The van der Waals surface area contributed by atoms with Crippen LogP contribution in [0.3, 0.4) is 0 Å². The minimum Gasteiger partial charge on any atom is -0.323 e. The van der Waals surface area contributed by atoms with Gasteiger partial charge in [-0.05, 0) is 79.2 Å². The number of phosphoric acid groups is 1. The Labute approximate surface area is 189 Å². The molecule has 2 aliphatic rings. The van der Waals surface area contributed by atoms with Gasteiger partial charge in [0, 0.05) is 5.54 Å². The maximum Gasteiger partial charge on any atom is 0.469 e. The normalized spacial score (nSPS) is 26.1. The van der Waals surface area contributed by atoms with Crippen molar-refractivity contribution in [3.05, 3.63) is 65.2 Å². The van der Waals surface area contributed by atoms with Crippen molar-refractivity contribution in [3.63, 3.8) is 0 Å². The highest BCUT2D eigenvalue weighted by molar-refractivity contribution is 7.91. The van der Waals surface area contributed by atoms with Gasteiger partial charge in [0.1, 0.15) is 0 Å². The number of sulfone groups is 1. The zero-order valence-corrected chi connectivity index (χ0v) is 19.6. The molecule has 2 aromatic rings. The number of hydrogen-bond donors (Lipinski definition) is 3. The number of nitrogens with two attached hydrogens (primary N) is 1. The van der Waals surface area contributed by atoms with Crippen molar-refractivity contribution >= 4 is 17.7 Å². The molecule has 0 spiro atoms. The Morgan fingerprint density at radius 3 is 2.56 bits per heavy atom. The summed E-state index contributed by atoms with van der Waals surface area (Å²) in [4.78, 5) is 18.3. The van der Waals surface area contributed by atoms with Crippen molar-refractivity contribution in [2.24, 2.45) is 11.7 Å². The number of rotatable bonds is 7. The van der Waals surface area contributed by atoms with Crippen LogP contribution in [-0.4, -0.2) is 36.1 Å². The van der Waals surface area contributed by atoms with Crippen molar-refractivity contribution < 1.29 is 27.3 Å². The van der Waals surface area contributed by atoms with Gasteiger partial charge < -0.3 is 15.5 Å². The standard InChI is InChI=1S/C23H30NO6PS/c24-23(16-30-31(25,26)27)11-10-21(14-23)20-9-8-18-12-17(6-7-19(18)13-20)15-32(28,29)22-4-2-1-3-5-22/h1-5,8-9,13,17,21H,6-7,10-12,14-16,24H2,(H2,25,26,27)/t17-,21-,23-/m0/s1. The van der Waals surface area contributed by atoms with Crippen LogP contribution in [0.1, 0.15) is 48.3 Å². The molecule has 174 valence electrons. The first-order chi connectivity index (χ1) is 15.0. The molecule has 0 unspecified atom stereocenters. The van der Waals surface area contributed by atoms with E-state index in [0.29, 0.717) is 17.7 Å². The van der Waals surface area contributed by atoms with Crippen LogP contribution >= 0.6 is 7.82 Å².